The molecule has 7 nitrogen and oxygen atoms in total. The topological polar surface area (TPSA) is 94.5 Å². The summed E-state index contributed by atoms with van der Waals surface area (Å²) in [6.45, 7) is 0.111. The maximum absolute atomic E-state index is 12.5. The summed E-state index contributed by atoms with van der Waals surface area (Å²) in [4.78, 5) is 12.5. The van der Waals surface area contributed by atoms with E-state index in [0.29, 0.717) is 34.1 Å². The van der Waals surface area contributed by atoms with Gasteiger partial charge in [-0.15, -0.1) is 0 Å². The number of carbonyl (C=O) groups is 1. The fourth-order valence-corrected chi connectivity index (χ4v) is 3.51. The number of ketones is 1. The van der Waals surface area contributed by atoms with Crippen LogP contribution in [0.15, 0.2) is 30.3 Å². The van der Waals surface area contributed by atoms with Gasteiger partial charge in [0.25, 0.3) is 0 Å². The Balaban J connectivity index is 1.93. The zero-order valence-electron chi connectivity index (χ0n) is 14.3. The van der Waals surface area contributed by atoms with E-state index in [0.717, 1.165) is 0 Å². The lowest BCUT2D eigenvalue weighted by Crippen LogP contribution is -2.42. The van der Waals surface area contributed by atoms with Crippen LogP contribution in [0.4, 0.5) is 0 Å². The van der Waals surface area contributed by atoms with Crippen molar-refractivity contribution in [3.8, 4) is 23.0 Å². The monoisotopic (exact) mass is 358 g/mol. The standard InChI is InChI=1S/C19H18O7/c1-23-15-6-11-12(7-16(15)24-2)19(22,8-13(20)18(11)21)10-3-4-14-17(5-10)26-9-25-14/h3-7,13,20,22H,8-9H2,1-2H3/t13-,19+/m0/s1. The van der Waals surface area contributed by atoms with Crippen molar-refractivity contribution in [3.63, 3.8) is 0 Å². The SMILES string of the molecule is COc1cc2c(cc1OC)[C@](O)(c1ccc3c(c1)OCO3)C[C@H](O)C2=O. The highest BCUT2D eigenvalue weighted by atomic mass is 16.7. The van der Waals surface area contributed by atoms with Gasteiger partial charge in [0.05, 0.1) is 14.2 Å². The van der Waals surface area contributed by atoms with Gasteiger partial charge in [-0.05, 0) is 29.8 Å². The van der Waals surface area contributed by atoms with Crippen LogP contribution >= 0.6 is 0 Å². The van der Waals surface area contributed by atoms with E-state index in [4.69, 9.17) is 18.9 Å². The highest BCUT2D eigenvalue weighted by Crippen LogP contribution is 2.46. The molecule has 0 fully saturated rings. The number of methoxy groups -OCH3 is 2. The van der Waals surface area contributed by atoms with E-state index in [-0.39, 0.29) is 18.8 Å². The van der Waals surface area contributed by atoms with Crippen LogP contribution in [0, 0.1) is 0 Å². The van der Waals surface area contributed by atoms with Crippen molar-refractivity contribution in [1.82, 2.24) is 0 Å². The van der Waals surface area contributed by atoms with Crippen molar-refractivity contribution in [2.45, 2.75) is 18.1 Å². The first kappa shape index (κ1) is 16.7. The third-order valence-electron chi connectivity index (χ3n) is 4.88. The lowest BCUT2D eigenvalue weighted by molar-refractivity contribution is 0.00920. The van der Waals surface area contributed by atoms with Gasteiger partial charge in [-0.25, -0.2) is 0 Å². The number of benzene rings is 2. The Morgan fingerprint density at radius 3 is 2.50 bits per heavy atom. The third kappa shape index (κ3) is 2.32. The lowest BCUT2D eigenvalue weighted by Gasteiger charge is -2.37. The smallest absolute Gasteiger partial charge is 0.231 e. The Kier molecular flexibility index (Phi) is 3.78. The largest absolute Gasteiger partial charge is 0.493 e. The number of ether oxygens (including phenoxy) is 4. The fourth-order valence-electron chi connectivity index (χ4n) is 3.51. The lowest BCUT2D eigenvalue weighted by atomic mass is 9.73. The summed E-state index contributed by atoms with van der Waals surface area (Å²) in [7, 11) is 2.93. The van der Waals surface area contributed by atoms with Crippen molar-refractivity contribution in [3.05, 3.63) is 47.0 Å². The highest BCUT2D eigenvalue weighted by molar-refractivity contribution is 6.03. The molecule has 4 rings (SSSR count). The Morgan fingerprint density at radius 1 is 1.08 bits per heavy atom. The summed E-state index contributed by atoms with van der Waals surface area (Å²) < 4.78 is 21.2. The number of aliphatic hydroxyl groups excluding tert-OH is 1. The number of hydrogen-bond acceptors (Lipinski definition) is 7. The van der Waals surface area contributed by atoms with E-state index in [2.05, 4.69) is 0 Å². The van der Waals surface area contributed by atoms with E-state index in [9.17, 15) is 15.0 Å². The van der Waals surface area contributed by atoms with Crippen molar-refractivity contribution in [2.24, 2.45) is 0 Å². The van der Waals surface area contributed by atoms with E-state index in [1.807, 2.05) is 0 Å². The van der Waals surface area contributed by atoms with Crippen LogP contribution in [-0.4, -0.2) is 43.1 Å². The maximum Gasteiger partial charge on any atom is 0.231 e. The molecule has 2 aromatic rings. The molecule has 0 unspecified atom stereocenters. The zero-order chi connectivity index (χ0) is 18.5. The molecule has 0 amide bonds. The Morgan fingerprint density at radius 2 is 1.77 bits per heavy atom. The first-order valence-corrected chi connectivity index (χ1v) is 8.09. The van der Waals surface area contributed by atoms with E-state index in [1.54, 1.807) is 24.3 Å². The van der Waals surface area contributed by atoms with Crippen LogP contribution in [-0.2, 0) is 5.60 Å². The summed E-state index contributed by atoms with van der Waals surface area (Å²) >= 11 is 0. The molecule has 7 heteroatoms. The molecule has 1 heterocycles. The number of rotatable bonds is 3. The molecule has 26 heavy (non-hydrogen) atoms. The van der Waals surface area contributed by atoms with Gasteiger partial charge in [-0.3, -0.25) is 4.79 Å². The quantitative estimate of drug-likeness (QED) is 0.861. The normalized spacial score (nSPS) is 23.5. The molecule has 0 radical (unpaired) electrons. The second kappa shape index (κ2) is 5.89. The predicted molar refractivity (Wildman–Crippen MR) is 90.1 cm³/mol. The van der Waals surface area contributed by atoms with Crippen LogP contribution in [0.5, 0.6) is 23.0 Å². The van der Waals surface area contributed by atoms with Gasteiger partial charge in [-0.2, -0.15) is 0 Å². The maximum atomic E-state index is 12.5. The molecule has 0 saturated heterocycles. The van der Waals surface area contributed by atoms with Gasteiger partial charge in [0.15, 0.2) is 28.8 Å². The molecule has 2 N–H and O–H groups in total. The van der Waals surface area contributed by atoms with Gasteiger partial charge in [-0.1, -0.05) is 6.07 Å². The minimum atomic E-state index is -1.59. The Bertz CT molecular complexity index is 892. The summed E-state index contributed by atoms with van der Waals surface area (Å²) in [6.07, 6.45) is -1.51. The van der Waals surface area contributed by atoms with Gasteiger partial charge in [0, 0.05) is 17.5 Å². The molecule has 0 spiro atoms. The molecule has 2 aromatic carbocycles. The summed E-state index contributed by atoms with van der Waals surface area (Å²) in [5, 5.41) is 21.8. The van der Waals surface area contributed by atoms with Gasteiger partial charge >= 0.3 is 0 Å². The predicted octanol–water partition coefficient (Wildman–Crippen LogP) is 1.62. The molecule has 0 aromatic heterocycles. The number of Topliss-reactive ketones (excluding diaryl/α,β-unsaturated/α-hetero) is 1. The van der Waals surface area contributed by atoms with Crippen molar-refractivity contribution in [2.75, 3.05) is 21.0 Å². The van der Waals surface area contributed by atoms with Crippen LogP contribution in [0.25, 0.3) is 0 Å². The number of fused-ring (bicyclic) bond motifs is 2. The average Bonchev–Trinajstić information content (AvgIpc) is 3.13. The summed E-state index contributed by atoms with van der Waals surface area (Å²) in [6, 6.07) is 8.10. The molecule has 0 saturated carbocycles. The average molecular weight is 358 g/mol. The molecule has 0 bridgehead atoms. The van der Waals surface area contributed by atoms with Crippen LogP contribution in [0.2, 0.25) is 0 Å². The Hall–Kier alpha value is -2.77. The number of hydrogen-bond donors (Lipinski definition) is 2. The molecular formula is C19H18O7. The first-order chi connectivity index (χ1) is 12.5. The van der Waals surface area contributed by atoms with Crippen molar-refractivity contribution >= 4 is 5.78 Å². The fraction of sp³-hybridized carbons (Fsp3) is 0.316. The molecule has 1 aliphatic heterocycles. The molecule has 1 aliphatic carbocycles. The molecule has 2 aliphatic rings. The van der Waals surface area contributed by atoms with Crippen LogP contribution < -0.4 is 18.9 Å². The van der Waals surface area contributed by atoms with Gasteiger partial charge in [0.2, 0.25) is 6.79 Å². The van der Waals surface area contributed by atoms with E-state index >= 15 is 0 Å². The Labute approximate surface area is 149 Å². The minimum Gasteiger partial charge on any atom is -0.493 e. The first-order valence-electron chi connectivity index (χ1n) is 8.09. The second-order valence-corrected chi connectivity index (χ2v) is 6.27. The molecular weight excluding hydrogens is 340 g/mol. The van der Waals surface area contributed by atoms with E-state index in [1.165, 1.54) is 20.3 Å². The van der Waals surface area contributed by atoms with Crippen molar-refractivity contribution in [1.29, 1.82) is 0 Å². The molecule has 136 valence electrons. The van der Waals surface area contributed by atoms with Crippen LogP contribution in [0.1, 0.15) is 27.9 Å². The highest BCUT2D eigenvalue weighted by Gasteiger charge is 2.45. The van der Waals surface area contributed by atoms with Gasteiger partial charge in [0.1, 0.15) is 11.7 Å². The van der Waals surface area contributed by atoms with Crippen molar-refractivity contribution < 1.29 is 34.0 Å². The van der Waals surface area contributed by atoms with Crippen LogP contribution in [0.3, 0.4) is 0 Å². The second-order valence-electron chi connectivity index (χ2n) is 6.27. The third-order valence-corrected chi connectivity index (χ3v) is 4.88. The minimum absolute atomic E-state index is 0.111. The summed E-state index contributed by atoms with van der Waals surface area (Å²) in [5.41, 5.74) is -0.559. The van der Waals surface area contributed by atoms with E-state index < -0.39 is 17.5 Å². The van der Waals surface area contributed by atoms with Gasteiger partial charge < -0.3 is 29.2 Å². The molecule has 2 atom stereocenters. The number of carbonyl (C=O) groups excluding carboxylic acids is 1. The summed E-state index contributed by atoms with van der Waals surface area (Å²) in [5.74, 6) is 1.35. The zero-order valence-corrected chi connectivity index (χ0v) is 14.3. The number of aliphatic hydroxyl groups is 2.